The molecule has 0 bridgehead atoms. The largest absolute Gasteiger partial charge is 0.342 e. The third-order valence-electron chi connectivity index (χ3n) is 3.34. The summed E-state index contributed by atoms with van der Waals surface area (Å²) < 4.78 is 0. The second-order valence-electron chi connectivity index (χ2n) is 5.33. The molecule has 1 amide bonds. The summed E-state index contributed by atoms with van der Waals surface area (Å²) in [5.74, 6) is 1.19. The van der Waals surface area contributed by atoms with E-state index >= 15 is 0 Å². The summed E-state index contributed by atoms with van der Waals surface area (Å²) in [6.07, 6.45) is 0. The van der Waals surface area contributed by atoms with E-state index in [-0.39, 0.29) is 5.91 Å². The molecule has 0 aliphatic heterocycles. The van der Waals surface area contributed by atoms with Crippen molar-refractivity contribution in [1.29, 1.82) is 0 Å². The van der Waals surface area contributed by atoms with E-state index < -0.39 is 0 Å². The third kappa shape index (κ3) is 2.79. The molecule has 4 heteroatoms. The van der Waals surface area contributed by atoms with Gasteiger partial charge in [-0.05, 0) is 30.3 Å². The van der Waals surface area contributed by atoms with Gasteiger partial charge in [0.15, 0.2) is 0 Å². The van der Waals surface area contributed by atoms with Crippen LogP contribution in [0.5, 0.6) is 0 Å². The Bertz CT molecular complexity index is 775. The highest BCUT2D eigenvalue weighted by molar-refractivity contribution is 6.04. The molecule has 1 heterocycles. The molecule has 2 aromatic carbocycles. The van der Waals surface area contributed by atoms with Crippen LogP contribution in [0.15, 0.2) is 48.5 Å². The van der Waals surface area contributed by atoms with Gasteiger partial charge >= 0.3 is 0 Å². The van der Waals surface area contributed by atoms with E-state index in [4.69, 9.17) is 0 Å². The summed E-state index contributed by atoms with van der Waals surface area (Å²) >= 11 is 0. The van der Waals surface area contributed by atoms with E-state index in [0.29, 0.717) is 11.5 Å². The van der Waals surface area contributed by atoms with Crippen LogP contribution in [0, 0.1) is 0 Å². The van der Waals surface area contributed by atoms with E-state index in [1.807, 2.05) is 36.4 Å². The smallest absolute Gasteiger partial charge is 0.255 e. The van der Waals surface area contributed by atoms with Crippen LogP contribution in [0.2, 0.25) is 0 Å². The van der Waals surface area contributed by atoms with E-state index in [1.54, 1.807) is 12.1 Å². The number of H-pyrrole nitrogens is 1. The van der Waals surface area contributed by atoms with Crippen molar-refractivity contribution in [2.45, 2.75) is 19.8 Å². The first kappa shape index (κ1) is 13.4. The molecule has 4 nitrogen and oxygen atoms in total. The number of fused-ring (bicyclic) bond motifs is 1. The van der Waals surface area contributed by atoms with Gasteiger partial charge in [0.2, 0.25) is 0 Å². The van der Waals surface area contributed by atoms with Crippen molar-refractivity contribution >= 4 is 22.6 Å². The normalized spacial score (nSPS) is 11.0. The number of aromatic nitrogens is 2. The van der Waals surface area contributed by atoms with Gasteiger partial charge in [-0.2, -0.15) is 0 Å². The number of rotatable bonds is 3. The summed E-state index contributed by atoms with van der Waals surface area (Å²) in [6.45, 7) is 4.19. The van der Waals surface area contributed by atoms with Crippen molar-refractivity contribution in [3.63, 3.8) is 0 Å². The van der Waals surface area contributed by atoms with Gasteiger partial charge < -0.3 is 10.3 Å². The van der Waals surface area contributed by atoms with Gasteiger partial charge in [0.1, 0.15) is 5.82 Å². The molecular weight excluding hydrogens is 262 g/mol. The van der Waals surface area contributed by atoms with Crippen LogP contribution in [0.1, 0.15) is 35.9 Å². The summed E-state index contributed by atoms with van der Waals surface area (Å²) in [5.41, 5.74) is 3.25. The maximum Gasteiger partial charge on any atom is 0.255 e. The fraction of sp³-hybridized carbons (Fsp3) is 0.176. The fourth-order valence-electron chi connectivity index (χ4n) is 2.17. The zero-order valence-electron chi connectivity index (χ0n) is 12.1. The zero-order valence-corrected chi connectivity index (χ0v) is 12.1. The average Bonchev–Trinajstić information content (AvgIpc) is 2.91. The number of carbonyl (C=O) groups excluding carboxylic acids is 1. The minimum absolute atomic E-state index is 0.112. The molecule has 0 saturated heterocycles. The molecule has 0 aliphatic rings. The minimum Gasteiger partial charge on any atom is -0.342 e. The first-order valence-corrected chi connectivity index (χ1v) is 6.99. The van der Waals surface area contributed by atoms with Crippen LogP contribution < -0.4 is 5.32 Å². The molecule has 1 aromatic heterocycles. The molecule has 0 radical (unpaired) electrons. The minimum atomic E-state index is -0.112. The van der Waals surface area contributed by atoms with Gasteiger partial charge in [-0.3, -0.25) is 4.79 Å². The molecule has 106 valence electrons. The second kappa shape index (κ2) is 5.40. The van der Waals surface area contributed by atoms with Gasteiger partial charge in [-0.25, -0.2) is 4.98 Å². The van der Waals surface area contributed by atoms with Crippen LogP contribution in [-0.2, 0) is 0 Å². The molecule has 3 aromatic rings. The molecule has 21 heavy (non-hydrogen) atoms. The quantitative estimate of drug-likeness (QED) is 0.763. The lowest BCUT2D eigenvalue weighted by molar-refractivity contribution is 0.102. The maximum atomic E-state index is 12.1. The zero-order chi connectivity index (χ0) is 14.8. The number of benzene rings is 2. The van der Waals surface area contributed by atoms with Crippen molar-refractivity contribution in [2.24, 2.45) is 0 Å². The number of anilines is 1. The number of imidazole rings is 1. The Morgan fingerprint density at radius 1 is 1.14 bits per heavy atom. The van der Waals surface area contributed by atoms with Gasteiger partial charge in [0.05, 0.1) is 11.0 Å². The van der Waals surface area contributed by atoms with E-state index in [1.165, 1.54) is 0 Å². The first-order chi connectivity index (χ1) is 10.1. The van der Waals surface area contributed by atoms with Gasteiger partial charge in [-0.15, -0.1) is 0 Å². The molecule has 0 spiro atoms. The van der Waals surface area contributed by atoms with Crippen LogP contribution >= 0.6 is 0 Å². The molecule has 0 saturated carbocycles. The molecule has 3 rings (SSSR count). The monoisotopic (exact) mass is 279 g/mol. The summed E-state index contributed by atoms with van der Waals surface area (Å²) in [4.78, 5) is 19.9. The molecule has 0 fully saturated rings. The second-order valence-corrected chi connectivity index (χ2v) is 5.33. The highest BCUT2D eigenvalue weighted by atomic mass is 16.1. The van der Waals surface area contributed by atoms with Gasteiger partial charge in [-0.1, -0.05) is 32.0 Å². The average molecular weight is 279 g/mol. The van der Waals surface area contributed by atoms with Crippen molar-refractivity contribution < 1.29 is 4.79 Å². The molecule has 2 N–H and O–H groups in total. The van der Waals surface area contributed by atoms with Gasteiger partial charge in [0.25, 0.3) is 5.91 Å². The van der Waals surface area contributed by atoms with Crippen LogP contribution in [-0.4, -0.2) is 15.9 Å². The summed E-state index contributed by atoms with van der Waals surface area (Å²) in [7, 11) is 0. The topological polar surface area (TPSA) is 57.8 Å². The number of hydrogen-bond donors (Lipinski definition) is 2. The van der Waals surface area contributed by atoms with E-state index in [2.05, 4.69) is 29.1 Å². The summed E-state index contributed by atoms with van der Waals surface area (Å²) in [5, 5.41) is 2.90. The van der Waals surface area contributed by atoms with Crippen molar-refractivity contribution in [2.75, 3.05) is 5.32 Å². The van der Waals surface area contributed by atoms with Crippen molar-refractivity contribution in [3.05, 3.63) is 59.9 Å². The number of amides is 1. The first-order valence-electron chi connectivity index (χ1n) is 6.99. The third-order valence-corrected chi connectivity index (χ3v) is 3.34. The van der Waals surface area contributed by atoms with Crippen LogP contribution in [0.25, 0.3) is 11.0 Å². The predicted molar refractivity (Wildman–Crippen MR) is 84.6 cm³/mol. The highest BCUT2D eigenvalue weighted by Gasteiger charge is 2.09. The van der Waals surface area contributed by atoms with Crippen LogP contribution in [0.4, 0.5) is 5.69 Å². The molecular formula is C17H17N3O. The Kier molecular flexibility index (Phi) is 3.44. The Balaban J connectivity index is 1.86. The number of nitrogens with one attached hydrogen (secondary N) is 2. The van der Waals surface area contributed by atoms with Crippen molar-refractivity contribution in [3.8, 4) is 0 Å². The Labute approximate surface area is 123 Å². The highest BCUT2D eigenvalue weighted by Crippen LogP contribution is 2.21. The fourth-order valence-corrected chi connectivity index (χ4v) is 2.17. The summed E-state index contributed by atoms with van der Waals surface area (Å²) in [6, 6.07) is 14.9. The Hall–Kier alpha value is -2.62. The number of nitrogens with zero attached hydrogens (tertiary/aromatic N) is 1. The Morgan fingerprint density at radius 3 is 2.62 bits per heavy atom. The molecule has 0 aliphatic carbocycles. The lowest BCUT2D eigenvalue weighted by Gasteiger charge is -2.04. The van der Waals surface area contributed by atoms with E-state index in [0.717, 1.165) is 22.5 Å². The molecule has 0 atom stereocenters. The SMILES string of the molecule is CC(C)c1nc2ccc(NC(=O)c3ccccc3)cc2[nH]1. The standard InChI is InChI=1S/C17H17N3O/c1-11(2)16-19-14-9-8-13(10-15(14)20-16)18-17(21)12-6-4-3-5-7-12/h3-11H,1-2H3,(H,18,21)(H,19,20). The van der Waals surface area contributed by atoms with Gasteiger partial charge in [0, 0.05) is 17.2 Å². The number of hydrogen-bond acceptors (Lipinski definition) is 2. The number of aromatic amines is 1. The lowest BCUT2D eigenvalue weighted by Crippen LogP contribution is -2.11. The lowest BCUT2D eigenvalue weighted by atomic mass is 10.2. The maximum absolute atomic E-state index is 12.1. The molecule has 0 unspecified atom stereocenters. The van der Waals surface area contributed by atoms with Crippen LogP contribution in [0.3, 0.4) is 0 Å². The Morgan fingerprint density at radius 2 is 1.90 bits per heavy atom. The van der Waals surface area contributed by atoms with E-state index in [9.17, 15) is 4.79 Å². The predicted octanol–water partition coefficient (Wildman–Crippen LogP) is 3.94. The number of carbonyl (C=O) groups is 1. The van der Waals surface area contributed by atoms with Crippen molar-refractivity contribution in [1.82, 2.24) is 9.97 Å².